The smallest absolute Gasteiger partial charge is 0.149 e. The second-order valence-corrected chi connectivity index (χ2v) is 14.7. The molecule has 0 aliphatic heterocycles. The largest absolute Gasteiger partial charge is 0.507 e. The van der Waals surface area contributed by atoms with Gasteiger partial charge in [-0.05, 0) is 99.3 Å². The highest BCUT2D eigenvalue weighted by atomic mass is 16.3. The summed E-state index contributed by atoms with van der Waals surface area (Å²) in [4.78, 5) is 10.3. The predicted molar refractivity (Wildman–Crippen MR) is 213 cm³/mol. The lowest BCUT2D eigenvalue weighted by molar-refractivity contribution is 0.475. The summed E-state index contributed by atoms with van der Waals surface area (Å²) in [6.07, 6.45) is 1.88. The molecule has 0 amide bonds. The van der Waals surface area contributed by atoms with Crippen molar-refractivity contribution in [3.8, 4) is 56.2 Å². The summed E-state index contributed by atoms with van der Waals surface area (Å²) in [5, 5.41) is 12.4. The first-order valence-electron chi connectivity index (χ1n) is 17.7. The second-order valence-electron chi connectivity index (χ2n) is 14.7. The molecular weight excluding hydrogens is 623 g/mol. The number of phenolic OH excluding ortho intramolecular Hbond substituents is 1. The summed E-state index contributed by atoms with van der Waals surface area (Å²) in [5.74, 6) is 1.21. The molecule has 4 nitrogen and oxygen atoms in total. The van der Waals surface area contributed by atoms with Crippen LogP contribution in [0.15, 0.2) is 146 Å². The van der Waals surface area contributed by atoms with E-state index in [0.717, 1.165) is 61.0 Å². The Bertz CT molecular complexity index is 2540. The van der Waals surface area contributed by atoms with Gasteiger partial charge in [-0.3, -0.25) is 9.55 Å². The van der Waals surface area contributed by atoms with Crippen LogP contribution in [0.3, 0.4) is 0 Å². The Morgan fingerprint density at radius 3 is 2.04 bits per heavy atom. The van der Waals surface area contributed by atoms with Crippen molar-refractivity contribution in [3.05, 3.63) is 157 Å². The van der Waals surface area contributed by atoms with Crippen LogP contribution in [-0.4, -0.2) is 19.6 Å². The highest BCUT2D eigenvalue weighted by Crippen LogP contribution is 2.41. The average Bonchev–Trinajstić information content (AvgIpc) is 3.54. The molecule has 0 unspecified atom stereocenters. The van der Waals surface area contributed by atoms with Gasteiger partial charge in [0.2, 0.25) is 0 Å². The molecule has 0 fully saturated rings. The van der Waals surface area contributed by atoms with Crippen molar-refractivity contribution in [2.45, 2.75) is 46.0 Å². The van der Waals surface area contributed by atoms with Crippen LogP contribution < -0.4 is 0 Å². The van der Waals surface area contributed by atoms with Gasteiger partial charge in [0.1, 0.15) is 11.6 Å². The number of aromatic hydroxyl groups is 1. The van der Waals surface area contributed by atoms with Crippen LogP contribution >= 0.6 is 0 Å². The maximum Gasteiger partial charge on any atom is 0.149 e. The molecule has 8 rings (SSSR count). The van der Waals surface area contributed by atoms with Gasteiger partial charge in [0.15, 0.2) is 0 Å². The lowest BCUT2D eigenvalue weighted by Gasteiger charge is -2.20. The lowest BCUT2D eigenvalue weighted by Crippen LogP contribution is -2.11. The third-order valence-corrected chi connectivity index (χ3v) is 9.86. The summed E-state index contributed by atoms with van der Waals surface area (Å²) in [6.45, 7) is 11.1. The fourth-order valence-corrected chi connectivity index (χ4v) is 7.04. The van der Waals surface area contributed by atoms with Gasteiger partial charge in [0, 0.05) is 28.4 Å². The van der Waals surface area contributed by atoms with Crippen LogP contribution in [0.2, 0.25) is 0 Å². The van der Waals surface area contributed by atoms with Crippen LogP contribution in [0.25, 0.3) is 72.4 Å². The summed E-state index contributed by atoms with van der Waals surface area (Å²) < 4.78 is 2.17. The van der Waals surface area contributed by atoms with Gasteiger partial charge >= 0.3 is 0 Å². The van der Waals surface area contributed by atoms with E-state index in [1.54, 1.807) is 6.07 Å². The maximum absolute atomic E-state index is 11.3. The molecule has 0 saturated heterocycles. The molecular formula is C47H41N3O. The Morgan fingerprint density at radius 1 is 0.588 bits per heavy atom. The molecule has 51 heavy (non-hydrogen) atoms. The molecule has 0 aliphatic carbocycles. The van der Waals surface area contributed by atoms with Crippen LogP contribution in [0.4, 0.5) is 0 Å². The number of aromatic nitrogens is 3. The minimum absolute atomic E-state index is 0.0955. The Morgan fingerprint density at radius 2 is 1.31 bits per heavy atom. The quantitative estimate of drug-likeness (QED) is 0.193. The molecule has 0 bridgehead atoms. The van der Waals surface area contributed by atoms with Crippen molar-refractivity contribution in [1.29, 1.82) is 0 Å². The van der Waals surface area contributed by atoms with E-state index in [1.165, 1.54) is 11.1 Å². The summed E-state index contributed by atoms with van der Waals surface area (Å²) >= 11 is 0. The highest BCUT2D eigenvalue weighted by molar-refractivity contribution is 6.00. The van der Waals surface area contributed by atoms with Gasteiger partial charge in [0.05, 0.1) is 22.1 Å². The molecule has 0 aliphatic rings. The zero-order chi connectivity index (χ0) is 35.3. The minimum atomic E-state index is -0.0955. The highest BCUT2D eigenvalue weighted by Gasteiger charge is 2.23. The number of nitrogens with zero attached hydrogens (tertiary/aromatic N) is 3. The summed E-state index contributed by atoms with van der Waals surface area (Å²) in [6, 6.07) is 48.7. The zero-order valence-corrected chi connectivity index (χ0v) is 29.7. The van der Waals surface area contributed by atoms with Gasteiger partial charge in [-0.2, -0.15) is 0 Å². The molecule has 250 valence electrons. The van der Waals surface area contributed by atoms with E-state index in [-0.39, 0.29) is 11.2 Å². The number of hydrogen-bond donors (Lipinski definition) is 1. The maximum atomic E-state index is 11.3. The van der Waals surface area contributed by atoms with Gasteiger partial charge in [-0.15, -0.1) is 0 Å². The number of imidazole rings is 1. The summed E-state index contributed by atoms with van der Waals surface area (Å²) in [7, 11) is 0. The average molecular weight is 664 g/mol. The molecule has 1 N–H and O–H groups in total. The molecule has 4 heteroatoms. The lowest BCUT2D eigenvalue weighted by atomic mass is 9.86. The van der Waals surface area contributed by atoms with Gasteiger partial charge in [-0.1, -0.05) is 120 Å². The Balaban J connectivity index is 1.39. The molecule has 0 atom stereocenters. The number of benzene rings is 6. The fraction of sp³-hybridized carbons (Fsp3) is 0.149. The Kier molecular flexibility index (Phi) is 8.03. The standard InChI is InChI=1S/C47H41N3O/c1-30(2)33-25-35(27-36(26-33)40-28-34(31-14-8-6-9-15-31)24-32-16-13-23-48-44(32)40)39-19-12-20-42-45(39)49-46(50(42)38-17-10-7-11-18-38)41-29-37(47(3,4)5)21-22-43(41)51/h6-30,51H,1-5H3. The van der Waals surface area contributed by atoms with E-state index >= 15 is 0 Å². The van der Waals surface area contributed by atoms with Crippen LogP contribution in [-0.2, 0) is 5.41 Å². The van der Waals surface area contributed by atoms with Crippen LogP contribution in [0, 0.1) is 0 Å². The first-order chi connectivity index (χ1) is 24.7. The molecule has 8 aromatic rings. The van der Waals surface area contributed by atoms with Crippen LogP contribution in [0.1, 0.15) is 51.7 Å². The van der Waals surface area contributed by atoms with E-state index in [4.69, 9.17) is 9.97 Å². The van der Waals surface area contributed by atoms with Crippen molar-refractivity contribution in [3.63, 3.8) is 0 Å². The number of hydrogen-bond acceptors (Lipinski definition) is 3. The van der Waals surface area contributed by atoms with E-state index in [0.29, 0.717) is 17.3 Å². The van der Waals surface area contributed by atoms with Crippen molar-refractivity contribution < 1.29 is 5.11 Å². The number of fused-ring (bicyclic) bond motifs is 2. The zero-order valence-electron chi connectivity index (χ0n) is 29.7. The van der Waals surface area contributed by atoms with Crippen molar-refractivity contribution in [2.24, 2.45) is 0 Å². The molecule has 6 aromatic carbocycles. The van der Waals surface area contributed by atoms with Crippen molar-refractivity contribution >= 4 is 21.9 Å². The third-order valence-electron chi connectivity index (χ3n) is 9.86. The fourth-order valence-electron chi connectivity index (χ4n) is 7.04. The van der Waals surface area contributed by atoms with Gasteiger partial charge in [0.25, 0.3) is 0 Å². The van der Waals surface area contributed by atoms with Crippen molar-refractivity contribution in [2.75, 3.05) is 0 Å². The SMILES string of the molecule is CC(C)c1cc(-c2cc(-c3ccccc3)cc3cccnc23)cc(-c2cccc3c2nc(-c2cc(C(C)(C)C)ccc2O)n3-c2ccccc2)c1. The number of rotatable bonds is 6. The number of pyridine rings is 1. The molecule has 0 saturated carbocycles. The number of para-hydroxylation sites is 2. The molecule has 0 radical (unpaired) electrons. The molecule has 2 aromatic heterocycles. The van der Waals surface area contributed by atoms with E-state index in [1.807, 2.05) is 36.5 Å². The second kappa shape index (κ2) is 12.7. The normalized spacial score (nSPS) is 11.9. The Labute approximate surface area is 299 Å². The Hall–Kier alpha value is -6.00. The third kappa shape index (κ3) is 5.97. The van der Waals surface area contributed by atoms with Crippen molar-refractivity contribution in [1.82, 2.24) is 14.5 Å². The first kappa shape index (κ1) is 32.2. The molecule has 0 spiro atoms. The van der Waals surface area contributed by atoms with E-state index < -0.39 is 0 Å². The van der Waals surface area contributed by atoms with E-state index in [9.17, 15) is 5.11 Å². The molecule has 2 heterocycles. The van der Waals surface area contributed by atoms with Gasteiger partial charge in [-0.25, -0.2) is 4.98 Å². The summed E-state index contributed by atoms with van der Waals surface area (Å²) in [5.41, 5.74) is 13.5. The monoisotopic (exact) mass is 663 g/mol. The topological polar surface area (TPSA) is 50.9 Å². The first-order valence-corrected chi connectivity index (χ1v) is 17.7. The van der Waals surface area contributed by atoms with Crippen LogP contribution in [0.5, 0.6) is 5.75 Å². The van der Waals surface area contributed by atoms with E-state index in [2.05, 4.69) is 142 Å². The predicted octanol–water partition coefficient (Wildman–Crippen LogP) is 12.4. The van der Waals surface area contributed by atoms with Gasteiger partial charge < -0.3 is 5.11 Å². The number of phenols is 1. The minimum Gasteiger partial charge on any atom is -0.507 e.